The predicted molar refractivity (Wildman–Crippen MR) is 116 cm³/mol. The van der Waals surface area contributed by atoms with Crippen LogP contribution in [0.4, 0.5) is 4.39 Å². The van der Waals surface area contributed by atoms with Crippen LogP contribution in [0.3, 0.4) is 0 Å². The molecule has 0 saturated carbocycles. The summed E-state index contributed by atoms with van der Waals surface area (Å²) < 4.78 is 15.5. The number of carbonyl (C=O) groups is 1. The van der Waals surface area contributed by atoms with Crippen LogP contribution >= 0.6 is 11.8 Å². The lowest BCUT2D eigenvalue weighted by Crippen LogP contribution is -2.31. The number of halogens is 1. The maximum Gasteiger partial charge on any atom is 0.257 e. The Bertz CT molecular complexity index is 898. The van der Waals surface area contributed by atoms with Crippen LogP contribution in [0.2, 0.25) is 0 Å². The Balaban J connectivity index is 1.93. The molecule has 1 aromatic heterocycles. The third-order valence-corrected chi connectivity index (χ3v) is 6.04. The molecule has 158 valence electrons. The van der Waals surface area contributed by atoms with Crippen LogP contribution in [0, 0.1) is 12.7 Å². The van der Waals surface area contributed by atoms with Crippen molar-refractivity contribution in [2.75, 3.05) is 5.75 Å². The summed E-state index contributed by atoms with van der Waals surface area (Å²) in [5.41, 5.74) is 1.50. The number of aryl methyl sites for hydroxylation is 1. The monoisotopic (exact) mass is 419 g/mol. The van der Waals surface area contributed by atoms with E-state index in [1.807, 2.05) is 13.8 Å². The summed E-state index contributed by atoms with van der Waals surface area (Å²) in [4.78, 5) is 29.1. The second kappa shape index (κ2) is 11.1. The molecule has 0 aliphatic carbocycles. The van der Waals surface area contributed by atoms with Crippen LogP contribution in [-0.4, -0.2) is 27.3 Å². The van der Waals surface area contributed by atoms with E-state index in [4.69, 9.17) is 0 Å². The zero-order valence-electron chi connectivity index (χ0n) is 17.6. The maximum atomic E-state index is 13.9. The Kier molecular flexibility index (Phi) is 8.89. The molecule has 0 bridgehead atoms. The van der Waals surface area contributed by atoms with Crippen molar-refractivity contribution in [2.24, 2.45) is 7.05 Å². The van der Waals surface area contributed by atoms with Crippen LogP contribution in [0.5, 0.6) is 0 Å². The fourth-order valence-corrected chi connectivity index (χ4v) is 3.90. The van der Waals surface area contributed by atoms with Gasteiger partial charge in [-0.1, -0.05) is 36.9 Å². The number of rotatable bonds is 10. The van der Waals surface area contributed by atoms with Crippen molar-refractivity contribution >= 4 is 17.7 Å². The highest BCUT2D eigenvalue weighted by Gasteiger charge is 2.14. The first-order chi connectivity index (χ1) is 13.8. The molecule has 1 amide bonds. The number of carbonyl (C=O) groups excluding carboxylic acids is 1. The molecule has 2 rings (SSSR count). The van der Waals surface area contributed by atoms with Gasteiger partial charge in [0, 0.05) is 42.9 Å². The van der Waals surface area contributed by atoms with Gasteiger partial charge < -0.3 is 5.32 Å². The largest absolute Gasteiger partial charge is 0.354 e. The lowest BCUT2D eigenvalue weighted by atomic mass is 10.0. The Hall–Kier alpha value is -2.15. The number of aromatic nitrogens is 2. The molecular formula is C22H30FN3O2S. The van der Waals surface area contributed by atoms with Gasteiger partial charge in [-0.15, -0.1) is 0 Å². The number of unbranched alkanes of at least 4 members (excludes halogenated alkanes) is 1. The first-order valence-electron chi connectivity index (χ1n) is 10.1. The molecule has 1 atom stereocenters. The van der Waals surface area contributed by atoms with Crippen molar-refractivity contribution in [3.63, 3.8) is 0 Å². The van der Waals surface area contributed by atoms with Gasteiger partial charge in [-0.2, -0.15) is 0 Å². The lowest BCUT2D eigenvalue weighted by molar-refractivity contribution is -0.121. The topological polar surface area (TPSA) is 64.0 Å². The highest BCUT2D eigenvalue weighted by molar-refractivity contribution is 7.99. The summed E-state index contributed by atoms with van der Waals surface area (Å²) in [5.74, 6) is 0.552. The second-order valence-electron chi connectivity index (χ2n) is 7.27. The number of nitrogens with zero attached hydrogens (tertiary/aromatic N) is 2. The molecule has 5 nitrogen and oxygen atoms in total. The van der Waals surface area contributed by atoms with Crippen molar-refractivity contribution in [1.82, 2.24) is 14.9 Å². The standard InChI is InChI=1S/C22H30FN3O2S/c1-5-15(2)24-20(27)12-8-9-13-29-22-25-16(3)18(21(28)26(22)4)14-17-10-6-7-11-19(17)23/h6-7,10-11,15H,5,8-9,12-14H2,1-4H3,(H,24,27). The SMILES string of the molecule is CCC(C)NC(=O)CCCCSc1nc(C)c(Cc2ccccc2F)c(=O)n1C. The van der Waals surface area contributed by atoms with Crippen molar-refractivity contribution < 1.29 is 9.18 Å². The van der Waals surface area contributed by atoms with E-state index in [2.05, 4.69) is 10.3 Å². The average molecular weight is 420 g/mol. The van der Waals surface area contributed by atoms with Gasteiger partial charge in [0.15, 0.2) is 5.16 Å². The predicted octanol–water partition coefficient (Wildman–Crippen LogP) is 4.00. The Morgan fingerprint density at radius 2 is 2.03 bits per heavy atom. The van der Waals surface area contributed by atoms with E-state index >= 15 is 0 Å². The fraction of sp³-hybridized carbons (Fsp3) is 0.500. The number of hydrogen-bond donors (Lipinski definition) is 1. The molecule has 1 aromatic carbocycles. The van der Waals surface area contributed by atoms with E-state index < -0.39 is 0 Å². The van der Waals surface area contributed by atoms with Gasteiger partial charge in [0.05, 0.1) is 0 Å². The van der Waals surface area contributed by atoms with Crippen molar-refractivity contribution in [3.05, 3.63) is 57.3 Å². The van der Waals surface area contributed by atoms with Crippen LogP contribution < -0.4 is 10.9 Å². The minimum Gasteiger partial charge on any atom is -0.354 e. The van der Waals surface area contributed by atoms with Gasteiger partial charge in [0.2, 0.25) is 5.91 Å². The summed E-state index contributed by atoms with van der Waals surface area (Å²) in [6.45, 7) is 5.83. The number of nitrogens with one attached hydrogen (secondary N) is 1. The van der Waals surface area contributed by atoms with Gasteiger partial charge in [-0.05, 0) is 44.7 Å². The van der Waals surface area contributed by atoms with Crippen molar-refractivity contribution in [2.45, 2.75) is 64.1 Å². The van der Waals surface area contributed by atoms with Gasteiger partial charge in [-0.3, -0.25) is 14.2 Å². The minimum absolute atomic E-state index is 0.0863. The van der Waals surface area contributed by atoms with Gasteiger partial charge in [0.1, 0.15) is 5.82 Å². The molecular weight excluding hydrogens is 389 g/mol. The van der Waals surface area contributed by atoms with E-state index in [-0.39, 0.29) is 29.7 Å². The molecule has 29 heavy (non-hydrogen) atoms. The molecule has 0 fully saturated rings. The molecule has 2 aromatic rings. The maximum absolute atomic E-state index is 13.9. The molecule has 0 radical (unpaired) electrons. The molecule has 7 heteroatoms. The first kappa shape index (κ1) is 23.1. The molecule has 1 N–H and O–H groups in total. The van der Waals surface area contributed by atoms with E-state index in [0.29, 0.717) is 28.4 Å². The third-order valence-electron chi connectivity index (χ3n) is 4.92. The Morgan fingerprint density at radius 3 is 2.72 bits per heavy atom. The number of thioether (sulfide) groups is 1. The van der Waals surface area contributed by atoms with Crippen molar-refractivity contribution in [1.29, 1.82) is 0 Å². The molecule has 1 heterocycles. The molecule has 1 unspecified atom stereocenters. The summed E-state index contributed by atoms with van der Waals surface area (Å²) in [6.07, 6.45) is 3.33. The third kappa shape index (κ3) is 6.70. The number of hydrogen-bond acceptors (Lipinski definition) is 4. The summed E-state index contributed by atoms with van der Waals surface area (Å²) in [7, 11) is 1.70. The molecule has 0 aliphatic heterocycles. The molecule has 0 aliphatic rings. The Morgan fingerprint density at radius 1 is 1.31 bits per heavy atom. The van der Waals surface area contributed by atoms with E-state index in [1.54, 1.807) is 32.2 Å². The summed E-state index contributed by atoms with van der Waals surface area (Å²) in [5, 5.41) is 3.61. The van der Waals surface area contributed by atoms with Crippen LogP contribution in [0.1, 0.15) is 56.4 Å². The molecule has 0 saturated heterocycles. The quantitative estimate of drug-likeness (QED) is 0.359. The van der Waals surface area contributed by atoms with E-state index in [1.165, 1.54) is 22.4 Å². The smallest absolute Gasteiger partial charge is 0.257 e. The summed E-state index contributed by atoms with van der Waals surface area (Å²) >= 11 is 1.51. The second-order valence-corrected chi connectivity index (χ2v) is 8.34. The van der Waals surface area contributed by atoms with Crippen LogP contribution in [-0.2, 0) is 18.3 Å². The highest BCUT2D eigenvalue weighted by atomic mass is 32.2. The van der Waals surface area contributed by atoms with E-state index in [9.17, 15) is 14.0 Å². The minimum atomic E-state index is -0.315. The van der Waals surface area contributed by atoms with Crippen LogP contribution in [0.15, 0.2) is 34.2 Å². The average Bonchev–Trinajstić information content (AvgIpc) is 2.69. The van der Waals surface area contributed by atoms with E-state index in [0.717, 1.165) is 25.0 Å². The highest BCUT2D eigenvalue weighted by Crippen LogP contribution is 2.19. The summed E-state index contributed by atoms with van der Waals surface area (Å²) in [6, 6.07) is 6.69. The van der Waals surface area contributed by atoms with Crippen LogP contribution in [0.25, 0.3) is 0 Å². The van der Waals surface area contributed by atoms with Crippen molar-refractivity contribution in [3.8, 4) is 0 Å². The zero-order valence-corrected chi connectivity index (χ0v) is 18.4. The fourth-order valence-electron chi connectivity index (χ4n) is 2.89. The number of amides is 1. The van der Waals surface area contributed by atoms with Gasteiger partial charge in [0.25, 0.3) is 5.56 Å². The molecule has 0 spiro atoms. The Labute approximate surface area is 176 Å². The lowest BCUT2D eigenvalue weighted by Gasteiger charge is -2.13. The first-order valence-corrected chi connectivity index (χ1v) is 11.0. The van der Waals surface area contributed by atoms with Gasteiger partial charge in [-0.25, -0.2) is 9.37 Å². The normalized spacial score (nSPS) is 12.0. The van der Waals surface area contributed by atoms with Gasteiger partial charge >= 0.3 is 0 Å². The zero-order chi connectivity index (χ0) is 21.4. The number of benzene rings is 1.